The molecule has 0 radical (unpaired) electrons. The highest BCUT2D eigenvalue weighted by Gasteiger charge is 2.24. The van der Waals surface area contributed by atoms with E-state index in [4.69, 9.17) is 10.5 Å². The van der Waals surface area contributed by atoms with Crippen LogP contribution in [0.2, 0.25) is 0 Å². The maximum Gasteiger partial charge on any atom is 0.221 e. The highest BCUT2D eigenvalue weighted by Crippen LogP contribution is 2.26. The SMILES string of the molecule is CCOc1ccc(O)c(CN2CCCC(C(N)=O)C2)c1. The van der Waals surface area contributed by atoms with E-state index in [1.807, 2.05) is 13.0 Å². The van der Waals surface area contributed by atoms with Gasteiger partial charge < -0.3 is 15.6 Å². The summed E-state index contributed by atoms with van der Waals surface area (Å²) in [5.41, 5.74) is 6.20. The standard InChI is InChI=1S/C15H22N2O3/c1-2-20-13-5-6-14(18)12(8-13)10-17-7-3-4-11(9-17)15(16)19/h5-6,8,11,18H,2-4,7,9-10H2,1H3,(H2,16,19). The molecule has 1 amide bonds. The van der Waals surface area contributed by atoms with Crippen LogP contribution in [-0.2, 0) is 11.3 Å². The van der Waals surface area contributed by atoms with Gasteiger partial charge in [-0.3, -0.25) is 9.69 Å². The summed E-state index contributed by atoms with van der Waals surface area (Å²) in [6.07, 6.45) is 1.82. The lowest BCUT2D eigenvalue weighted by Crippen LogP contribution is -2.40. The van der Waals surface area contributed by atoms with Crippen LogP contribution in [0.4, 0.5) is 0 Å². The van der Waals surface area contributed by atoms with Gasteiger partial charge in [0.2, 0.25) is 5.91 Å². The fourth-order valence-electron chi connectivity index (χ4n) is 2.62. The first-order valence-electron chi connectivity index (χ1n) is 7.06. The van der Waals surface area contributed by atoms with Gasteiger partial charge in [0.1, 0.15) is 11.5 Å². The molecule has 0 aliphatic carbocycles. The Kier molecular flexibility index (Phi) is 4.84. The molecule has 1 saturated heterocycles. The number of rotatable bonds is 5. The third-order valence-corrected chi connectivity index (χ3v) is 3.66. The van der Waals surface area contributed by atoms with Gasteiger partial charge in [-0.05, 0) is 44.5 Å². The van der Waals surface area contributed by atoms with Crippen LogP contribution >= 0.6 is 0 Å². The lowest BCUT2D eigenvalue weighted by molar-refractivity contribution is -0.123. The lowest BCUT2D eigenvalue weighted by atomic mass is 9.97. The molecular weight excluding hydrogens is 256 g/mol. The highest BCUT2D eigenvalue weighted by molar-refractivity contribution is 5.76. The second kappa shape index (κ2) is 6.61. The number of carbonyl (C=O) groups excluding carboxylic acids is 1. The van der Waals surface area contributed by atoms with Gasteiger partial charge in [-0.2, -0.15) is 0 Å². The molecule has 110 valence electrons. The van der Waals surface area contributed by atoms with E-state index >= 15 is 0 Å². The maximum atomic E-state index is 11.3. The zero-order valence-electron chi connectivity index (χ0n) is 11.8. The van der Waals surface area contributed by atoms with Crippen molar-refractivity contribution in [2.45, 2.75) is 26.3 Å². The molecule has 1 aromatic rings. The minimum atomic E-state index is -0.234. The van der Waals surface area contributed by atoms with E-state index in [1.165, 1.54) is 0 Å². The number of ether oxygens (including phenoxy) is 1. The second-order valence-electron chi connectivity index (χ2n) is 5.20. The molecule has 1 fully saturated rings. The molecule has 0 saturated carbocycles. The summed E-state index contributed by atoms with van der Waals surface area (Å²) in [6.45, 7) is 4.71. The van der Waals surface area contributed by atoms with Crippen molar-refractivity contribution in [1.29, 1.82) is 0 Å². The number of hydrogen-bond acceptors (Lipinski definition) is 4. The van der Waals surface area contributed by atoms with Crippen molar-refractivity contribution in [1.82, 2.24) is 4.90 Å². The number of amides is 1. The number of primary amides is 1. The minimum Gasteiger partial charge on any atom is -0.508 e. The molecule has 1 atom stereocenters. The van der Waals surface area contributed by atoms with Gasteiger partial charge in [0.15, 0.2) is 0 Å². The Hall–Kier alpha value is -1.75. The molecule has 2 rings (SSSR count). The third kappa shape index (κ3) is 3.63. The molecule has 0 bridgehead atoms. The van der Waals surface area contributed by atoms with Crippen molar-refractivity contribution in [3.05, 3.63) is 23.8 Å². The number of nitrogens with two attached hydrogens (primary N) is 1. The molecule has 1 unspecified atom stereocenters. The molecule has 1 heterocycles. The van der Waals surface area contributed by atoms with E-state index in [0.717, 1.165) is 30.7 Å². The predicted molar refractivity (Wildman–Crippen MR) is 76.5 cm³/mol. The topological polar surface area (TPSA) is 75.8 Å². The van der Waals surface area contributed by atoms with Crippen LogP contribution in [0.1, 0.15) is 25.3 Å². The van der Waals surface area contributed by atoms with Crippen molar-refractivity contribution in [3.8, 4) is 11.5 Å². The number of benzene rings is 1. The van der Waals surface area contributed by atoms with Crippen molar-refractivity contribution in [2.75, 3.05) is 19.7 Å². The fourth-order valence-corrected chi connectivity index (χ4v) is 2.62. The number of nitrogens with zero attached hydrogens (tertiary/aromatic N) is 1. The van der Waals surface area contributed by atoms with Crippen molar-refractivity contribution >= 4 is 5.91 Å². The Morgan fingerprint density at radius 3 is 3.05 bits per heavy atom. The predicted octanol–water partition coefficient (Wildman–Crippen LogP) is 1.49. The lowest BCUT2D eigenvalue weighted by Gasteiger charge is -2.31. The van der Waals surface area contributed by atoms with E-state index < -0.39 is 0 Å². The van der Waals surface area contributed by atoms with Crippen molar-refractivity contribution in [2.24, 2.45) is 11.7 Å². The van der Waals surface area contributed by atoms with Gasteiger partial charge in [-0.15, -0.1) is 0 Å². The smallest absolute Gasteiger partial charge is 0.221 e. The summed E-state index contributed by atoms with van der Waals surface area (Å²) in [7, 11) is 0. The van der Waals surface area contributed by atoms with Crippen LogP contribution in [0.3, 0.4) is 0 Å². The first-order chi connectivity index (χ1) is 9.60. The van der Waals surface area contributed by atoms with E-state index in [-0.39, 0.29) is 17.6 Å². The number of likely N-dealkylation sites (tertiary alicyclic amines) is 1. The van der Waals surface area contributed by atoms with Crippen LogP contribution < -0.4 is 10.5 Å². The molecule has 1 aliphatic heterocycles. The monoisotopic (exact) mass is 278 g/mol. The Morgan fingerprint density at radius 1 is 1.55 bits per heavy atom. The molecule has 5 heteroatoms. The molecule has 20 heavy (non-hydrogen) atoms. The van der Waals surface area contributed by atoms with E-state index in [0.29, 0.717) is 19.7 Å². The van der Waals surface area contributed by atoms with Crippen molar-refractivity contribution < 1.29 is 14.6 Å². The summed E-state index contributed by atoms with van der Waals surface area (Å²) in [5.74, 6) is 0.696. The average Bonchev–Trinajstić information content (AvgIpc) is 2.43. The third-order valence-electron chi connectivity index (χ3n) is 3.66. The Morgan fingerprint density at radius 2 is 2.35 bits per heavy atom. The van der Waals surface area contributed by atoms with Gasteiger partial charge in [0.05, 0.1) is 12.5 Å². The quantitative estimate of drug-likeness (QED) is 0.855. The molecule has 3 N–H and O–H groups in total. The van der Waals surface area contributed by atoms with Crippen LogP contribution in [-0.4, -0.2) is 35.6 Å². The first-order valence-corrected chi connectivity index (χ1v) is 7.06. The van der Waals surface area contributed by atoms with Gasteiger partial charge in [0, 0.05) is 18.7 Å². The van der Waals surface area contributed by atoms with Crippen LogP contribution in [0.25, 0.3) is 0 Å². The summed E-state index contributed by atoms with van der Waals surface area (Å²) in [4.78, 5) is 13.4. The largest absolute Gasteiger partial charge is 0.508 e. The molecule has 0 aromatic heterocycles. The van der Waals surface area contributed by atoms with Gasteiger partial charge >= 0.3 is 0 Å². The summed E-state index contributed by atoms with van der Waals surface area (Å²) in [6, 6.07) is 5.26. The summed E-state index contributed by atoms with van der Waals surface area (Å²) in [5, 5.41) is 9.94. The maximum absolute atomic E-state index is 11.3. The zero-order chi connectivity index (χ0) is 14.5. The number of aromatic hydroxyl groups is 1. The summed E-state index contributed by atoms with van der Waals surface area (Å²) >= 11 is 0. The molecule has 1 aliphatic rings. The Balaban J connectivity index is 2.05. The van der Waals surface area contributed by atoms with Gasteiger partial charge in [-0.25, -0.2) is 0 Å². The van der Waals surface area contributed by atoms with Crippen molar-refractivity contribution in [3.63, 3.8) is 0 Å². The molecule has 1 aromatic carbocycles. The number of piperidine rings is 1. The second-order valence-corrected chi connectivity index (χ2v) is 5.20. The Labute approximate surface area is 119 Å². The Bertz CT molecular complexity index is 476. The molecule has 0 spiro atoms. The molecule has 5 nitrogen and oxygen atoms in total. The zero-order valence-corrected chi connectivity index (χ0v) is 11.8. The van der Waals surface area contributed by atoms with E-state index in [1.54, 1.807) is 12.1 Å². The highest BCUT2D eigenvalue weighted by atomic mass is 16.5. The number of carbonyl (C=O) groups is 1. The minimum absolute atomic E-state index is 0.0824. The van der Waals surface area contributed by atoms with Crippen LogP contribution in [0.15, 0.2) is 18.2 Å². The fraction of sp³-hybridized carbons (Fsp3) is 0.533. The van der Waals surface area contributed by atoms with Gasteiger partial charge in [-0.1, -0.05) is 0 Å². The summed E-state index contributed by atoms with van der Waals surface area (Å²) < 4.78 is 5.45. The van der Waals surface area contributed by atoms with Crippen LogP contribution in [0, 0.1) is 5.92 Å². The number of hydrogen-bond donors (Lipinski definition) is 2. The average molecular weight is 278 g/mol. The van der Waals surface area contributed by atoms with E-state index in [2.05, 4.69) is 4.90 Å². The van der Waals surface area contributed by atoms with E-state index in [9.17, 15) is 9.90 Å². The van der Waals surface area contributed by atoms with Gasteiger partial charge in [0.25, 0.3) is 0 Å². The number of phenolic OH excluding ortho intramolecular Hbond substituents is 1. The van der Waals surface area contributed by atoms with Crippen LogP contribution in [0.5, 0.6) is 11.5 Å². The molecular formula is C15H22N2O3. The first kappa shape index (κ1) is 14.7. The normalized spacial score (nSPS) is 19.8. The number of phenols is 1.